The molecule has 0 aliphatic rings. The number of ether oxygens (including phenoxy) is 1. The van der Waals surface area contributed by atoms with Crippen LogP contribution in [0, 0.1) is 0 Å². The number of nitrogens with zero attached hydrogens (tertiary/aromatic N) is 2. The fourth-order valence-electron chi connectivity index (χ4n) is 1.63. The van der Waals surface area contributed by atoms with Crippen molar-refractivity contribution in [1.29, 1.82) is 0 Å². The minimum atomic E-state index is 0.148. The van der Waals surface area contributed by atoms with E-state index in [0.29, 0.717) is 24.1 Å². The van der Waals surface area contributed by atoms with Crippen LogP contribution in [0.15, 0.2) is 48.0 Å². The van der Waals surface area contributed by atoms with Crippen molar-refractivity contribution >= 4 is 46.5 Å². The molecule has 0 aliphatic carbocycles. The summed E-state index contributed by atoms with van der Waals surface area (Å²) in [5, 5.41) is 3.75. The number of hydrogen-bond acceptors (Lipinski definition) is 5. The monoisotopic (exact) mass is 355 g/mol. The lowest BCUT2D eigenvalue weighted by Gasteiger charge is -2.12. The largest absolute Gasteiger partial charge is 0.377 e. The molecule has 0 radical (unpaired) electrons. The standard InChI is InChI=1S/C15H15Cl2N3OS/c1-2-7-21-8-9-22-13-6-4-3-5-12(13)19-14-11(16)10-18-15(17)20-14/h2-6,10H,1,7-9H2,(H,18,19,20). The average molecular weight is 356 g/mol. The van der Waals surface area contributed by atoms with Crippen molar-refractivity contribution in [3.8, 4) is 0 Å². The number of hydrogen-bond donors (Lipinski definition) is 1. The van der Waals surface area contributed by atoms with E-state index in [2.05, 4.69) is 21.9 Å². The number of rotatable bonds is 8. The summed E-state index contributed by atoms with van der Waals surface area (Å²) in [6, 6.07) is 7.90. The number of halogens is 2. The predicted molar refractivity (Wildman–Crippen MR) is 93.5 cm³/mol. The van der Waals surface area contributed by atoms with Gasteiger partial charge in [0.05, 0.1) is 25.1 Å². The summed E-state index contributed by atoms with van der Waals surface area (Å²) in [7, 11) is 0. The van der Waals surface area contributed by atoms with Crippen molar-refractivity contribution in [2.24, 2.45) is 0 Å². The third-order valence-corrected chi connectivity index (χ3v) is 4.07. The van der Waals surface area contributed by atoms with Gasteiger partial charge < -0.3 is 10.1 Å². The lowest BCUT2D eigenvalue weighted by molar-refractivity contribution is 0.180. The number of thioether (sulfide) groups is 1. The van der Waals surface area contributed by atoms with E-state index < -0.39 is 0 Å². The molecule has 0 saturated carbocycles. The number of aromatic nitrogens is 2. The average Bonchev–Trinajstić information content (AvgIpc) is 2.52. The summed E-state index contributed by atoms with van der Waals surface area (Å²) in [6.07, 6.45) is 3.21. The Balaban J connectivity index is 2.04. The fourth-order valence-corrected chi connectivity index (χ4v) is 2.78. The highest BCUT2D eigenvalue weighted by Crippen LogP contribution is 2.31. The summed E-state index contributed by atoms with van der Waals surface area (Å²) in [4.78, 5) is 9.01. The van der Waals surface area contributed by atoms with Crippen LogP contribution in [0.1, 0.15) is 0 Å². The van der Waals surface area contributed by atoms with E-state index in [1.165, 1.54) is 6.20 Å². The lowest BCUT2D eigenvalue weighted by atomic mass is 10.3. The molecule has 116 valence electrons. The lowest BCUT2D eigenvalue weighted by Crippen LogP contribution is -1.99. The van der Waals surface area contributed by atoms with Crippen LogP contribution >= 0.6 is 35.0 Å². The smallest absolute Gasteiger partial charge is 0.224 e. The SMILES string of the molecule is C=CCOCCSc1ccccc1Nc1nc(Cl)ncc1Cl. The molecule has 1 aromatic carbocycles. The molecule has 0 saturated heterocycles. The van der Waals surface area contributed by atoms with E-state index >= 15 is 0 Å². The first-order valence-electron chi connectivity index (χ1n) is 6.56. The molecule has 0 amide bonds. The van der Waals surface area contributed by atoms with Crippen molar-refractivity contribution in [1.82, 2.24) is 9.97 Å². The first kappa shape index (κ1) is 17.1. The Labute approximate surface area is 143 Å². The Bertz CT molecular complexity index is 640. The van der Waals surface area contributed by atoms with Gasteiger partial charge in [-0.15, -0.1) is 18.3 Å². The second kappa shape index (κ2) is 9.00. The summed E-state index contributed by atoms with van der Waals surface area (Å²) < 4.78 is 5.38. The van der Waals surface area contributed by atoms with Crippen LogP contribution < -0.4 is 5.32 Å². The van der Waals surface area contributed by atoms with E-state index in [4.69, 9.17) is 27.9 Å². The molecule has 22 heavy (non-hydrogen) atoms. The van der Waals surface area contributed by atoms with Gasteiger partial charge in [-0.25, -0.2) is 4.98 Å². The van der Waals surface area contributed by atoms with Gasteiger partial charge in [-0.1, -0.05) is 29.8 Å². The molecule has 0 unspecified atom stereocenters. The molecule has 2 aromatic rings. The highest BCUT2D eigenvalue weighted by Gasteiger charge is 2.08. The Morgan fingerprint density at radius 2 is 2.14 bits per heavy atom. The van der Waals surface area contributed by atoms with Gasteiger partial charge in [0.15, 0.2) is 5.82 Å². The van der Waals surface area contributed by atoms with E-state index in [1.54, 1.807) is 17.8 Å². The zero-order valence-electron chi connectivity index (χ0n) is 11.8. The number of nitrogens with one attached hydrogen (secondary N) is 1. The van der Waals surface area contributed by atoms with Crippen LogP contribution in [0.5, 0.6) is 0 Å². The number of benzene rings is 1. The molecule has 1 heterocycles. The Kier molecular flexibility index (Phi) is 6.99. The predicted octanol–water partition coefficient (Wildman–Crippen LogP) is 4.82. The summed E-state index contributed by atoms with van der Waals surface area (Å²) >= 11 is 13.6. The molecular formula is C15H15Cl2N3OS. The molecule has 0 aliphatic heterocycles. The van der Waals surface area contributed by atoms with Crippen LogP contribution in [-0.4, -0.2) is 28.9 Å². The highest BCUT2D eigenvalue weighted by atomic mass is 35.5. The van der Waals surface area contributed by atoms with Gasteiger partial charge in [0.25, 0.3) is 0 Å². The molecule has 2 rings (SSSR count). The van der Waals surface area contributed by atoms with Gasteiger partial charge in [0.1, 0.15) is 5.02 Å². The van der Waals surface area contributed by atoms with Crippen LogP contribution in [0.2, 0.25) is 10.3 Å². The van der Waals surface area contributed by atoms with Crippen molar-refractivity contribution in [3.63, 3.8) is 0 Å². The minimum absolute atomic E-state index is 0.148. The molecule has 0 atom stereocenters. The maximum absolute atomic E-state index is 6.08. The highest BCUT2D eigenvalue weighted by molar-refractivity contribution is 7.99. The second-order valence-electron chi connectivity index (χ2n) is 4.17. The minimum Gasteiger partial charge on any atom is -0.377 e. The maximum atomic E-state index is 6.08. The van der Waals surface area contributed by atoms with Gasteiger partial charge in [0, 0.05) is 10.6 Å². The molecule has 4 nitrogen and oxygen atoms in total. The van der Waals surface area contributed by atoms with Crippen molar-refractivity contribution in [2.75, 3.05) is 24.3 Å². The molecule has 1 N–H and O–H groups in total. The van der Waals surface area contributed by atoms with Gasteiger partial charge in [0.2, 0.25) is 5.28 Å². The molecular weight excluding hydrogens is 341 g/mol. The zero-order valence-corrected chi connectivity index (χ0v) is 14.1. The third kappa shape index (κ3) is 5.18. The zero-order chi connectivity index (χ0) is 15.8. The van der Waals surface area contributed by atoms with Crippen LogP contribution in [0.25, 0.3) is 0 Å². The van der Waals surface area contributed by atoms with Gasteiger partial charge in [-0.2, -0.15) is 4.98 Å². The quantitative estimate of drug-likeness (QED) is 0.318. The molecule has 1 aromatic heterocycles. The van der Waals surface area contributed by atoms with E-state index in [0.717, 1.165) is 16.3 Å². The summed E-state index contributed by atoms with van der Waals surface area (Å²) in [5.41, 5.74) is 0.910. The fraction of sp³-hybridized carbons (Fsp3) is 0.200. The Morgan fingerprint density at radius 1 is 1.32 bits per heavy atom. The van der Waals surface area contributed by atoms with Crippen LogP contribution in [0.3, 0.4) is 0 Å². The topological polar surface area (TPSA) is 47.0 Å². The Morgan fingerprint density at radius 3 is 2.95 bits per heavy atom. The molecule has 0 fully saturated rings. The summed E-state index contributed by atoms with van der Waals surface area (Å²) in [5.74, 6) is 1.32. The Hall–Kier alpha value is -1.27. The number of para-hydroxylation sites is 1. The van der Waals surface area contributed by atoms with E-state index in [1.807, 2.05) is 24.3 Å². The van der Waals surface area contributed by atoms with Gasteiger partial charge in [-0.3, -0.25) is 0 Å². The third-order valence-electron chi connectivity index (χ3n) is 2.58. The van der Waals surface area contributed by atoms with Crippen LogP contribution in [-0.2, 0) is 4.74 Å². The molecule has 0 spiro atoms. The van der Waals surface area contributed by atoms with Gasteiger partial charge in [-0.05, 0) is 23.7 Å². The molecule has 0 bridgehead atoms. The first-order chi connectivity index (χ1) is 10.7. The van der Waals surface area contributed by atoms with Crippen molar-refractivity contribution < 1.29 is 4.74 Å². The van der Waals surface area contributed by atoms with Crippen molar-refractivity contribution in [3.05, 3.63) is 53.4 Å². The normalized spacial score (nSPS) is 10.5. The number of anilines is 2. The maximum Gasteiger partial charge on any atom is 0.224 e. The van der Waals surface area contributed by atoms with E-state index in [9.17, 15) is 0 Å². The van der Waals surface area contributed by atoms with Gasteiger partial charge >= 0.3 is 0 Å². The first-order valence-corrected chi connectivity index (χ1v) is 8.30. The van der Waals surface area contributed by atoms with Crippen LogP contribution in [0.4, 0.5) is 11.5 Å². The van der Waals surface area contributed by atoms with E-state index in [-0.39, 0.29) is 5.28 Å². The molecule has 7 heteroatoms. The summed E-state index contributed by atoms with van der Waals surface area (Å²) in [6.45, 7) is 4.84. The second-order valence-corrected chi connectivity index (χ2v) is 6.05. The van der Waals surface area contributed by atoms with Crippen molar-refractivity contribution in [2.45, 2.75) is 4.90 Å².